The maximum Gasteiger partial charge on any atom is 0.274 e. The van der Waals surface area contributed by atoms with E-state index in [-0.39, 0.29) is 16.7 Å². The molecule has 1 N–H and O–H groups in total. The number of hydrogen-bond acceptors (Lipinski definition) is 5. The molecule has 110 valence electrons. The normalized spacial score (nSPS) is 18.8. The van der Waals surface area contributed by atoms with E-state index in [0.29, 0.717) is 24.5 Å². The summed E-state index contributed by atoms with van der Waals surface area (Å²) in [5.41, 5.74) is 1.37. The predicted molar refractivity (Wildman–Crippen MR) is 78.9 cm³/mol. The Kier molecular flexibility index (Phi) is 4.31. The van der Waals surface area contributed by atoms with E-state index in [4.69, 9.17) is 9.47 Å². The first-order valence-corrected chi connectivity index (χ1v) is 7.07. The molecular weight excluding hydrogens is 328 g/mol. The first-order chi connectivity index (χ1) is 9.28. The van der Waals surface area contributed by atoms with Gasteiger partial charge >= 0.3 is 0 Å². The lowest BCUT2D eigenvalue weighted by atomic mass is 10.1. The van der Waals surface area contributed by atoms with Crippen LogP contribution in [0.4, 0.5) is 11.4 Å². The van der Waals surface area contributed by atoms with Crippen LogP contribution in [-0.2, 0) is 9.47 Å². The minimum absolute atomic E-state index is 0.0402. The fourth-order valence-corrected chi connectivity index (χ4v) is 2.54. The Morgan fingerprint density at radius 3 is 2.55 bits per heavy atom. The van der Waals surface area contributed by atoms with Crippen molar-refractivity contribution in [1.82, 2.24) is 0 Å². The zero-order valence-corrected chi connectivity index (χ0v) is 13.2. The zero-order valence-electron chi connectivity index (χ0n) is 11.6. The summed E-state index contributed by atoms with van der Waals surface area (Å²) in [6.45, 7) is 6.40. The van der Waals surface area contributed by atoms with E-state index in [1.54, 1.807) is 13.0 Å². The second-order valence-corrected chi connectivity index (χ2v) is 6.09. The molecule has 7 heteroatoms. The molecule has 0 spiro atoms. The summed E-state index contributed by atoms with van der Waals surface area (Å²) in [6.07, 6.45) is 0. The lowest BCUT2D eigenvalue weighted by Crippen LogP contribution is -2.45. The second kappa shape index (κ2) is 5.67. The minimum atomic E-state index is -0.575. The van der Waals surface area contributed by atoms with E-state index in [9.17, 15) is 10.1 Å². The van der Waals surface area contributed by atoms with Gasteiger partial charge in [0.05, 0.1) is 29.9 Å². The Morgan fingerprint density at radius 1 is 1.40 bits per heavy atom. The number of nitrogens with one attached hydrogen (secondary N) is 1. The minimum Gasteiger partial charge on any atom is -0.377 e. The van der Waals surface area contributed by atoms with Gasteiger partial charge in [0.15, 0.2) is 5.79 Å². The average molecular weight is 345 g/mol. The van der Waals surface area contributed by atoms with Crippen molar-refractivity contribution >= 4 is 27.3 Å². The lowest BCUT2D eigenvalue weighted by molar-refractivity contribution is -0.385. The van der Waals surface area contributed by atoms with Gasteiger partial charge in [-0.3, -0.25) is 10.1 Å². The summed E-state index contributed by atoms with van der Waals surface area (Å²) >= 11 is 3.41. The molecule has 1 saturated heterocycles. The molecule has 0 aliphatic carbocycles. The molecule has 1 aromatic rings. The smallest absolute Gasteiger partial charge is 0.274 e. The highest BCUT2D eigenvalue weighted by Gasteiger charge is 2.28. The van der Waals surface area contributed by atoms with Gasteiger partial charge in [0, 0.05) is 16.1 Å². The summed E-state index contributed by atoms with van der Waals surface area (Å²) in [7, 11) is 0. The SMILES string of the molecule is Cc1cc(Br)c(NC2COC(C)(C)OC2)cc1[N+](=O)[O-]. The quantitative estimate of drug-likeness (QED) is 0.673. The molecule has 1 heterocycles. The highest BCUT2D eigenvalue weighted by atomic mass is 79.9. The molecule has 0 amide bonds. The molecule has 20 heavy (non-hydrogen) atoms. The second-order valence-electron chi connectivity index (χ2n) is 5.24. The van der Waals surface area contributed by atoms with E-state index in [0.717, 1.165) is 4.47 Å². The summed E-state index contributed by atoms with van der Waals surface area (Å²) in [5.74, 6) is -0.575. The van der Waals surface area contributed by atoms with Crippen LogP contribution in [0, 0.1) is 17.0 Å². The van der Waals surface area contributed by atoms with Crippen molar-refractivity contribution in [2.45, 2.75) is 32.6 Å². The highest BCUT2D eigenvalue weighted by Crippen LogP contribution is 2.31. The van der Waals surface area contributed by atoms with Gasteiger partial charge in [0.1, 0.15) is 0 Å². The number of ether oxygens (including phenoxy) is 2. The number of anilines is 1. The van der Waals surface area contributed by atoms with Gasteiger partial charge in [-0.2, -0.15) is 0 Å². The van der Waals surface area contributed by atoms with Crippen molar-refractivity contribution in [3.05, 3.63) is 32.3 Å². The van der Waals surface area contributed by atoms with Crippen molar-refractivity contribution in [3.63, 3.8) is 0 Å². The Bertz CT molecular complexity index is 523. The van der Waals surface area contributed by atoms with Crippen molar-refractivity contribution in [1.29, 1.82) is 0 Å². The van der Waals surface area contributed by atoms with Crippen LogP contribution in [0.2, 0.25) is 0 Å². The number of nitrogens with zero attached hydrogens (tertiary/aromatic N) is 1. The number of halogens is 1. The van der Waals surface area contributed by atoms with Crippen LogP contribution < -0.4 is 5.32 Å². The first kappa shape index (κ1) is 15.2. The molecule has 1 aliphatic heterocycles. The summed E-state index contributed by atoms with van der Waals surface area (Å²) < 4.78 is 11.9. The number of nitro groups is 1. The molecule has 1 aliphatic rings. The Hall–Kier alpha value is -1.18. The fourth-order valence-electron chi connectivity index (χ4n) is 1.96. The van der Waals surface area contributed by atoms with Crippen molar-refractivity contribution < 1.29 is 14.4 Å². The summed E-state index contributed by atoms with van der Waals surface area (Å²) in [4.78, 5) is 10.6. The van der Waals surface area contributed by atoms with Crippen LogP contribution >= 0.6 is 15.9 Å². The standard InChI is InChI=1S/C13H17BrN2O4/c1-8-4-10(14)11(5-12(8)16(17)18)15-9-6-19-13(2,3)20-7-9/h4-5,9,15H,6-7H2,1-3H3. The molecule has 0 radical (unpaired) electrons. The third-order valence-electron chi connectivity index (χ3n) is 3.11. The molecular formula is C13H17BrN2O4. The van der Waals surface area contributed by atoms with Crippen LogP contribution in [0.15, 0.2) is 16.6 Å². The van der Waals surface area contributed by atoms with Crippen molar-refractivity contribution in [2.24, 2.45) is 0 Å². The van der Waals surface area contributed by atoms with Crippen LogP contribution in [0.25, 0.3) is 0 Å². The lowest BCUT2D eigenvalue weighted by Gasteiger charge is -2.35. The maximum atomic E-state index is 11.0. The third-order valence-corrected chi connectivity index (χ3v) is 3.76. The average Bonchev–Trinajstić information content (AvgIpc) is 2.34. The number of rotatable bonds is 3. The van der Waals surface area contributed by atoms with Crippen LogP contribution in [0.5, 0.6) is 0 Å². The van der Waals surface area contributed by atoms with Crippen LogP contribution in [-0.4, -0.2) is 30.0 Å². The van der Waals surface area contributed by atoms with E-state index in [2.05, 4.69) is 21.2 Å². The monoisotopic (exact) mass is 344 g/mol. The molecule has 0 aromatic heterocycles. The van der Waals surface area contributed by atoms with Gasteiger partial charge in [-0.25, -0.2) is 0 Å². The van der Waals surface area contributed by atoms with Gasteiger partial charge in [-0.1, -0.05) is 0 Å². The topological polar surface area (TPSA) is 73.6 Å². The number of benzene rings is 1. The molecule has 1 aromatic carbocycles. The molecule has 2 rings (SSSR count). The van der Waals surface area contributed by atoms with Gasteiger partial charge in [0.25, 0.3) is 5.69 Å². The molecule has 0 atom stereocenters. The van der Waals surface area contributed by atoms with Crippen LogP contribution in [0.1, 0.15) is 19.4 Å². The summed E-state index contributed by atoms with van der Waals surface area (Å²) in [5, 5.41) is 14.2. The molecule has 1 fully saturated rings. The molecule has 0 unspecified atom stereocenters. The van der Waals surface area contributed by atoms with E-state index < -0.39 is 5.79 Å². The molecule has 0 bridgehead atoms. The van der Waals surface area contributed by atoms with E-state index >= 15 is 0 Å². The van der Waals surface area contributed by atoms with Gasteiger partial charge < -0.3 is 14.8 Å². The zero-order chi connectivity index (χ0) is 14.9. The summed E-state index contributed by atoms with van der Waals surface area (Å²) in [6, 6.07) is 3.22. The van der Waals surface area contributed by atoms with Crippen molar-refractivity contribution in [2.75, 3.05) is 18.5 Å². The fraction of sp³-hybridized carbons (Fsp3) is 0.538. The maximum absolute atomic E-state index is 11.0. The van der Waals surface area contributed by atoms with Crippen molar-refractivity contribution in [3.8, 4) is 0 Å². The number of hydrogen-bond donors (Lipinski definition) is 1. The molecule has 0 saturated carbocycles. The van der Waals surface area contributed by atoms with Crippen LogP contribution in [0.3, 0.4) is 0 Å². The van der Waals surface area contributed by atoms with Gasteiger partial charge in [-0.05, 0) is 42.8 Å². The first-order valence-electron chi connectivity index (χ1n) is 6.27. The molecule has 6 nitrogen and oxygen atoms in total. The highest BCUT2D eigenvalue weighted by molar-refractivity contribution is 9.10. The Labute approximate surface area is 125 Å². The Balaban J connectivity index is 2.14. The number of aryl methyl sites for hydroxylation is 1. The third kappa shape index (κ3) is 3.47. The predicted octanol–water partition coefficient (Wildman–Crippen LogP) is 3.23. The van der Waals surface area contributed by atoms with Gasteiger partial charge in [0.2, 0.25) is 0 Å². The van der Waals surface area contributed by atoms with E-state index in [1.807, 2.05) is 13.8 Å². The largest absolute Gasteiger partial charge is 0.377 e. The number of nitro benzene ring substituents is 1. The van der Waals surface area contributed by atoms with Gasteiger partial charge in [-0.15, -0.1) is 0 Å². The van der Waals surface area contributed by atoms with E-state index in [1.165, 1.54) is 6.07 Å². The Morgan fingerprint density at radius 2 is 2.00 bits per heavy atom.